The Labute approximate surface area is 160 Å². The summed E-state index contributed by atoms with van der Waals surface area (Å²) < 4.78 is 19.2. The number of likely N-dealkylation sites (tertiary alicyclic amines) is 1. The largest absolute Gasteiger partial charge is 0.444 e. The maximum atomic E-state index is 13.8. The van der Waals surface area contributed by atoms with Gasteiger partial charge >= 0.3 is 6.09 Å². The van der Waals surface area contributed by atoms with Crippen molar-refractivity contribution in [3.05, 3.63) is 71.5 Å². The van der Waals surface area contributed by atoms with Crippen molar-refractivity contribution in [1.82, 2.24) is 10.2 Å². The van der Waals surface area contributed by atoms with Crippen molar-refractivity contribution in [2.75, 3.05) is 13.1 Å². The summed E-state index contributed by atoms with van der Waals surface area (Å²) in [7, 11) is 0. The molecule has 1 amide bonds. The van der Waals surface area contributed by atoms with Crippen LogP contribution in [0.1, 0.15) is 37.8 Å². The molecule has 144 valence electrons. The van der Waals surface area contributed by atoms with E-state index in [2.05, 4.69) is 22.3 Å². The molecule has 1 unspecified atom stereocenters. The summed E-state index contributed by atoms with van der Waals surface area (Å²) in [6, 6.07) is 16.7. The van der Waals surface area contributed by atoms with Gasteiger partial charge in [0.05, 0.1) is 6.04 Å². The lowest BCUT2D eigenvalue weighted by Gasteiger charge is -2.24. The highest BCUT2D eigenvalue weighted by molar-refractivity contribution is 5.68. The van der Waals surface area contributed by atoms with Gasteiger partial charge in [-0.15, -0.1) is 0 Å². The van der Waals surface area contributed by atoms with Gasteiger partial charge < -0.3 is 10.1 Å². The molecule has 1 aliphatic heterocycles. The molecule has 0 radical (unpaired) electrons. The molecule has 4 nitrogen and oxygen atoms in total. The van der Waals surface area contributed by atoms with E-state index in [-0.39, 0.29) is 17.8 Å². The Morgan fingerprint density at radius 3 is 2.56 bits per heavy atom. The standard InChI is InChI=1S/C22H27FN2O2/c1-22(2,3)27-21(26)24-20-15-25(13-16-8-5-4-6-9-16)14-19(20)17-10-7-11-18(23)12-17/h4-12,19-20H,13-15H2,1-3H3,(H,24,26)/t19?,20-/m1/s1. The van der Waals surface area contributed by atoms with E-state index in [4.69, 9.17) is 4.74 Å². The Hall–Kier alpha value is -2.40. The fourth-order valence-electron chi connectivity index (χ4n) is 3.54. The molecule has 0 aliphatic carbocycles. The third-order valence-electron chi connectivity index (χ3n) is 4.62. The van der Waals surface area contributed by atoms with E-state index in [9.17, 15) is 9.18 Å². The number of rotatable bonds is 4. The molecule has 1 saturated heterocycles. The first-order valence-electron chi connectivity index (χ1n) is 9.31. The van der Waals surface area contributed by atoms with Crippen LogP contribution < -0.4 is 5.32 Å². The molecular weight excluding hydrogens is 343 g/mol. The van der Waals surface area contributed by atoms with Gasteiger partial charge in [0.25, 0.3) is 0 Å². The lowest BCUT2D eigenvalue weighted by molar-refractivity contribution is 0.0502. The molecule has 1 heterocycles. The van der Waals surface area contributed by atoms with Crippen LogP contribution in [0.5, 0.6) is 0 Å². The van der Waals surface area contributed by atoms with E-state index in [0.717, 1.165) is 18.7 Å². The van der Waals surface area contributed by atoms with E-state index >= 15 is 0 Å². The van der Waals surface area contributed by atoms with E-state index in [1.807, 2.05) is 45.0 Å². The average Bonchev–Trinajstić information content (AvgIpc) is 2.96. The van der Waals surface area contributed by atoms with Crippen molar-refractivity contribution >= 4 is 6.09 Å². The zero-order chi connectivity index (χ0) is 19.4. The van der Waals surface area contributed by atoms with Crippen LogP contribution >= 0.6 is 0 Å². The highest BCUT2D eigenvalue weighted by Crippen LogP contribution is 2.29. The molecule has 1 aliphatic rings. The number of carbonyl (C=O) groups is 1. The predicted molar refractivity (Wildman–Crippen MR) is 104 cm³/mol. The van der Waals surface area contributed by atoms with Gasteiger partial charge in [-0.05, 0) is 44.0 Å². The van der Waals surface area contributed by atoms with Crippen molar-refractivity contribution in [3.63, 3.8) is 0 Å². The van der Waals surface area contributed by atoms with Gasteiger partial charge in [-0.25, -0.2) is 9.18 Å². The molecule has 2 atom stereocenters. The number of nitrogens with one attached hydrogen (secondary N) is 1. The van der Waals surface area contributed by atoms with E-state index in [1.54, 1.807) is 12.1 Å². The highest BCUT2D eigenvalue weighted by Gasteiger charge is 2.35. The second-order valence-electron chi connectivity index (χ2n) is 8.09. The zero-order valence-electron chi connectivity index (χ0n) is 16.1. The molecule has 0 aromatic heterocycles. The number of hydrogen-bond donors (Lipinski definition) is 1. The van der Waals surface area contributed by atoms with Gasteiger partial charge in [0.15, 0.2) is 0 Å². The topological polar surface area (TPSA) is 41.6 Å². The normalized spacial score (nSPS) is 20.4. The second kappa shape index (κ2) is 8.09. The maximum Gasteiger partial charge on any atom is 0.407 e. The summed E-state index contributed by atoms with van der Waals surface area (Å²) in [6.45, 7) is 7.75. The number of hydrogen-bond acceptors (Lipinski definition) is 3. The molecule has 2 aromatic carbocycles. The van der Waals surface area contributed by atoms with Gasteiger partial charge in [0, 0.05) is 25.6 Å². The van der Waals surface area contributed by atoms with E-state index < -0.39 is 11.7 Å². The van der Waals surface area contributed by atoms with Crippen LogP contribution in [0.2, 0.25) is 0 Å². The van der Waals surface area contributed by atoms with Crippen LogP contribution in [-0.4, -0.2) is 35.7 Å². The molecule has 5 heteroatoms. The minimum absolute atomic E-state index is 0.0110. The van der Waals surface area contributed by atoms with Crippen LogP contribution in [0.15, 0.2) is 54.6 Å². The molecule has 0 bridgehead atoms. The molecule has 0 spiro atoms. The van der Waals surface area contributed by atoms with Gasteiger partial charge in [0.2, 0.25) is 0 Å². The first-order chi connectivity index (χ1) is 12.8. The van der Waals surface area contributed by atoms with Crippen LogP contribution in [0.4, 0.5) is 9.18 Å². The summed E-state index contributed by atoms with van der Waals surface area (Å²) in [5.41, 5.74) is 1.56. The minimum Gasteiger partial charge on any atom is -0.444 e. The number of ether oxygens (including phenoxy) is 1. The van der Waals surface area contributed by atoms with Gasteiger partial charge in [-0.1, -0.05) is 42.5 Å². The summed E-state index contributed by atoms with van der Waals surface area (Å²) in [4.78, 5) is 14.6. The van der Waals surface area contributed by atoms with Crippen LogP contribution in [0, 0.1) is 5.82 Å². The second-order valence-corrected chi connectivity index (χ2v) is 8.09. The Bertz CT molecular complexity index is 773. The SMILES string of the molecule is CC(C)(C)OC(=O)N[C@@H]1CN(Cc2ccccc2)CC1c1cccc(F)c1. The number of halogens is 1. The van der Waals surface area contributed by atoms with Crippen LogP contribution in [0.25, 0.3) is 0 Å². The van der Waals surface area contributed by atoms with Crippen molar-refractivity contribution in [2.45, 2.75) is 44.9 Å². The lowest BCUT2D eigenvalue weighted by atomic mass is 9.94. The quantitative estimate of drug-likeness (QED) is 0.872. The zero-order valence-corrected chi connectivity index (χ0v) is 16.1. The molecule has 1 N–H and O–H groups in total. The Balaban J connectivity index is 1.75. The number of carbonyl (C=O) groups excluding carboxylic acids is 1. The van der Waals surface area contributed by atoms with Gasteiger partial charge in [-0.3, -0.25) is 4.90 Å². The summed E-state index contributed by atoms with van der Waals surface area (Å²) >= 11 is 0. The smallest absolute Gasteiger partial charge is 0.407 e. The third-order valence-corrected chi connectivity index (χ3v) is 4.62. The molecule has 1 fully saturated rings. The third kappa shape index (κ3) is 5.54. The van der Waals surface area contributed by atoms with Gasteiger partial charge in [-0.2, -0.15) is 0 Å². The van der Waals surface area contributed by atoms with Crippen LogP contribution in [0.3, 0.4) is 0 Å². The Kier molecular flexibility index (Phi) is 5.80. The lowest BCUT2D eigenvalue weighted by Crippen LogP contribution is -2.42. The monoisotopic (exact) mass is 370 g/mol. The van der Waals surface area contributed by atoms with Crippen molar-refractivity contribution in [2.24, 2.45) is 0 Å². The Morgan fingerprint density at radius 2 is 1.89 bits per heavy atom. The number of benzene rings is 2. The summed E-state index contributed by atoms with van der Waals surface area (Å²) in [6.07, 6.45) is -0.435. The summed E-state index contributed by atoms with van der Waals surface area (Å²) in [5, 5.41) is 2.99. The number of nitrogens with zero attached hydrogens (tertiary/aromatic N) is 1. The Morgan fingerprint density at radius 1 is 1.15 bits per heavy atom. The first-order valence-corrected chi connectivity index (χ1v) is 9.31. The fraction of sp³-hybridized carbons (Fsp3) is 0.409. The van der Waals surface area contributed by atoms with Crippen LogP contribution in [-0.2, 0) is 11.3 Å². The number of amides is 1. The molecule has 27 heavy (non-hydrogen) atoms. The molecule has 2 aromatic rings. The molecular formula is C22H27FN2O2. The predicted octanol–water partition coefficient (Wildman–Crippen LogP) is 4.32. The molecule has 0 saturated carbocycles. The summed E-state index contributed by atoms with van der Waals surface area (Å²) in [5.74, 6) is -0.248. The van der Waals surface area contributed by atoms with Crippen molar-refractivity contribution in [3.8, 4) is 0 Å². The first kappa shape index (κ1) is 19.4. The fourth-order valence-corrected chi connectivity index (χ4v) is 3.54. The van der Waals surface area contributed by atoms with Crippen molar-refractivity contribution in [1.29, 1.82) is 0 Å². The van der Waals surface area contributed by atoms with E-state index in [1.165, 1.54) is 11.6 Å². The minimum atomic E-state index is -0.555. The average molecular weight is 370 g/mol. The maximum absolute atomic E-state index is 13.8. The molecule has 3 rings (SSSR count). The highest BCUT2D eigenvalue weighted by atomic mass is 19.1. The van der Waals surface area contributed by atoms with E-state index in [0.29, 0.717) is 6.54 Å². The number of alkyl carbamates (subject to hydrolysis) is 1. The van der Waals surface area contributed by atoms with Gasteiger partial charge in [0.1, 0.15) is 11.4 Å². The van der Waals surface area contributed by atoms with Crippen molar-refractivity contribution < 1.29 is 13.9 Å².